The van der Waals surface area contributed by atoms with Crippen molar-refractivity contribution in [2.75, 3.05) is 6.61 Å². The van der Waals surface area contributed by atoms with Crippen molar-refractivity contribution in [2.45, 2.75) is 20.3 Å². The van der Waals surface area contributed by atoms with Crippen LogP contribution in [0.25, 0.3) is 0 Å². The molecule has 0 spiro atoms. The van der Waals surface area contributed by atoms with Crippen LogP contribution in [0.3, 0.4) is 0 Å². The topological polar surface area (TPSA) is 93.0 Å². The molecule has 1 atom stereocenters. The molecule has 0 fully saturated rings. The number of rotatable bonds is 7. The summed E-state index contributed by atoms with van der Waals surface area (Å²) in [5.74, 6) is -3.64. The minimum Gasteiger partial charge on any atom is -0.478 e. The maximum Gasteiger partial charge on any atom is 0.338 e. The molecule has 1 aromatic rings. The van der Waals surface area contributed by atoms with E-state index < -0.39 is 23.6 Å². The van der Waals surface area contributed by atoms with Gasteiger partial charge in [-0.2, -0.15) is 0 Å². The summed E-state index contributed by atoms with van der Waals surface area (Å²) in [4.78, 5) is 38.4. The number of aliphatic imine (C=N–C) groups is 1. The molecular weight excluding hydrogens is 345 g/mol. The second kappa shape index (κ2) is 8.64. The molecule has 0 saturated carbocycles. The summed E-state index contributed by atoms with van der Waals surface area (Å²) in [6.07, 6.45) is 1.71. The van der Waals surface area contributed by atoms with Gasteiger partial charge in [-0.1, -0.05) is 30.1 Å². The molecule has 0 bridgehead atoms. The smallest absolute Gasteiger partial charge is 0.338 e. The van der Waals surface area contributed by atoms with Gasteiger partial charge in [0.25, 0.3) is 0 Å². The summed E-state index contributed by atoms with van der Waals surface area (Å²) >= 11 is 11.7. The van der Waals surface area contributed by atoms with E-state index in [4.69, 9.17) is 33.0 Å². The van der Waals surface area contributed by atoms with Crippen LogP contribution in [0, 0.1) is 5.92 Å². The van der Waals surface area contributed by atoms with Crippen LogP contribution in [0.15, 0.2) is 17.1 Å². The molecule has 0 amide bonds. The SMILES string of the molecule is CCCOC(=O)C(C=Nc1ccc(Cl)c(C(=O)O)c1Cl)C(C)=O. The summed E-state index contributed by atoms with van der Waals surface area (Å²) in [7, 11) is 0. The standard InChI is InChI=1S/C15H15Cl2NO5/c1-3-6-23-15(22)9(8(2)19)7-18-11-5-4-10(16)12(13(11)17)14(20)21/h4-5,7,9H,3,6H2,1-2H3,(H,20,21). The molecule has 6 nitrogen and oxygen atoms in total. The number of hydrogen-bond acceptors (Lipinski definition) is 5. The summed E-state index contributed by atoms with van der Waals surface area (Å²) in [5.41, 5.74) is -0.209. The number of carboxylic acids is 1. The van der Waals surface area contributed by atoms with Crippen LogP contribution in [0.1, 0.15) is 30.6 Å². The summed E-state index contributed by atoms with van der Waals surface area (Å²) in [6, 6.07) is 2.71. The summed E-state index contributed by atoms with van der Waals surface area (Å²) in [6.45, 7) is 3.25. The Balaban J connectivity index is 3.11. The van der Waals surface area contributed by atoms with Gasteiger partial charge in [-0.25, -0.2) is 4.79 Å². The van der Waals surface area contributed by atoms with E-state index in [1.54, 1.807) is 0 Å². The minimum atomic E-state index is -1.30. The van der Waals surface area contributed by atoms with Gasteiger partial charge in [-0.15, -0.1) is 0 Å². The quantitative estimate of drug-likeness (QED) is 0.456. The molecule has 0 aliphatic carbocycles. The van der Waals surface area contributed by atoms with Gasteiger partial charge in [0.1, 0.15) is 5.78 Å². The fourth-order valence-corrected chi connectivity index (χ4v) is 2.20. The third kappa shape index (κ3) is 5.04. The molecule has 8 heteroatoms. The Morgan fingerprint density at radius 1 is 1.35 bits per heavy atom. The highest BCUT2D eigenvalue weighted by molar-refractivity contribution is 6.40. The van der Waals surface area contributed by atoms with Crippen molar-refractivity contribution < 1.29 is 24.2 Å². The lowest BCUT2D eigenvalue weighted by molar-refractivity contribution is -0.148. The molecule has 0 aliphatic heterocycles. The highest BCUT2D eigenvalue weighted by atomic mass is 35.5. The van der Waals surface area contributed by atoms with E-state index in [1.165, 1.54) is 19.1 Å². The number of carboxylic acid groups (broad SMARTS) is 1. The number of nitrogens with zero attached hydrogens (tertiary/aromatic N) is 1. The van der Waals surface area contributed by atoms with Crippen LogP contribution in [0.2, 0.25) is 10.0 Å². The van der Waals surface area contributed by atoms with Crippen molar-refractivity contribution in [3.63, 3.8) is 0 Å². The highest BCUT2D eigenvalue weighted by Crippen LogP contribution is 2.33. The lowest BCUT2D eigenvalue weighted by atomic mass is 10.1. The van der Waals surface area contributed by atoms with Crippen LogP contribution in [-0.2, 0) is 14.3 Å². The maximum absolute atomic E-state index is 11.8. The van der Waals surface area contributed by atoms with E-state index in [-0.39, 0.29) is 27.9 Å². The molecular formula is C15H15Cl2NO5. The average Bonchev–Trinajstić information content (AvgIpc) is 2.46. The minimum absolute atomic E-state index is 0.0353. The molecule has 23 heavy (non-hydrogen) atoms. The number of ether oxygens (including phenoxy) is 1. The number of benzene rings is 1. The lowest BCUT2D eigenvalue weighted by Crippen LogP contribution is -2.25. The zero-order valence-electron chi connectivity index (χ0n) is 12.5. The number of esters is 1. The molecule has 1 unspecified atom stereocenters. The molecule has 0 heterocycles. The van der Waals surface area contributed by atoms with Gasteiger partial charge in [-0.3, -0.25) is 14.6 Å². The van der Waals surface area contributed by atoms with Crippen molar-refractivity contribution in [3.8, 4) is 0 Å². The van der Waals surface area contributed by atoms with Crippen molar-refractivity contribution in [2.24, 2.45) is 10.9 Å². The molecule has 1 aromatic carbocycles. The van der Waals surface area contributed by atoms with Gasteiger partial charge in [0.15, 0.2) is 5.92 Å². The number of ketones is 1. The number of hydrogen-bond donors (Lipinski definition) is 1. The molecule has 0 saturated heterocycles. The Morgan fingerprint density at radius 3 is 2.52 bits per heavy atom. The van der Waals surface area contributed by atoms with Crippen molar-refractivity contribution in [1.82, 2.24) is 0 Å². The van der Waals surface area contributed by atoms with Crippen LogP contribution in [0.4, 0.5) is 5.69 Å². The van der Waals surface area contributed by atoms with Gasteiger partial charge in [0, 0.05) is 6.21 Å². The first-order chi connectivity index (χ1) is 10.8. The zero-order chi connectivity index (χ0) is 17.6. The average molecular weight is 360 g/mol. The predicted octanol–water partition coefficient (Wildman–Crippen LogP) is 3.55. The second-order valence-corrected chi connectivity index (χ2v) is 5.38. The zero-order valence-corrected chi connectivity index (χ0v) is 14.0. The highest BCUT2D eigenvalue weighted by Gasteiger charge is 2.23. The Kier molecular flexibility index (Phi) is 7.19. The van der Waals surface area contributed by atoms with Gasteiger partial charge in [0.2, 0.25) is 0 Å². The van der Waals surface area contributed by atoms with E-state index in [1.807, 2.05) is 6.92 Å². The van der Waals surface area contributed by atoms with E-state index in [9.17, 15) is 14.4 Å². The number of carbonyl (C=O) groups is 3. The summed E-state index contributed by atoms with van der Waals surface area (Å²) < 4.78 is 4.92. The van der Waals surface area contributed by atoms with Crippen LogP contribution >= 0.6 is 23.2 Å². The fraction of sp³-hybridized carbons (Fsp3) is 0.333. The Bertz CT molecular complexity index is 658. The van der Waals surface area contributed by atoms with Crippen LogP contribution < -0.4 is 0 Å². The van der Waals surface area contributed by atoms with Gasteiger partial charge >= 0.3 is 11.9 Å². The Morgan fingerprint density at radius 2 is 2.00 bits per heavy atom. The Hall–Kier alpha value is -1.92. The summed E-state index contributed by atoms with van der Waals surface area (Å²) in [5, 5.41) is 8.86. The number of aromatic carboxylic acids is 1. The van der Waals surface area contributed by atoms with Crippen molar-refractivity contribution >= 4 is 52.8 Å². The van der Waals surface area contributed by atoms with E-state index in [0.717, 1.165) is 6.21 Å². The normalized spacial score (nSPS) is 12.2. The molecule has 0 radical (unpaired) electrons. The first kappa shape index (κ1) is 19.1. The fourth-order valence-electron chi connectivity index (χ4n) is 1.62. The number of Topliss-reactive ketones (excluding diaryl/α,β-unsaturated/α-hetero) is 1. The molecule has 1 N–H and O–H groups in total. The molecule has 124 valence electrons. The van der Waals surface area contributed by atoms with Crippen molar-refractivity contribution in [3.05, 3.63) is 27.7 Å². The van der Waals surface area contributed by atoms with Gasteiger partial charge in [0.05, 0.1) is 27.9 Å². The van der Waals surface area contributed by atoms with Gasteiger partial charge < -0.3 is 9.84 Å². The molecule has 0 aromatic heterocycles. The van der Waals surface area contributed by atoms with Crippen LogP contribution in [-0.4, -0.2) is 35.6 Å². The second-order valence-electron chi connectivity index (χ2n) is 4.59. The Labute approximate surface area is 143 Å². The number of halogens is 2. The predicted molar refractivity (Wildman–Crippen MR) is 87.0 cm³/mol. The van der Waals surface area contributed by atoms with Crippen molar-refractivity contribution in [1.29, 1.82) is 0 Å². The molecule has 1 rings (SSSR count). The monoisotopic (exact) mass is 359 g/mol. The van der Waals surface area contributed by atoms with Crippen LogP contribution in [0.5, 0.6) is 0 Å². The molecule has 0 aliphatic rings. The first-order valence-electron chi connectivity index (χ1n) is 6.72. The third-order valence-corrected chi connectivity index (χ3v) is 3.49. The lowest BCUT2D eigenvalue weighted by Gasteiger charge is -2.09. The maximum atomic E-state index is 11.8. The number of carbonyl (C=O) groups excluding carboxylic acids is 2. The largest absolute Gasteiger partial charge is 0.478 e. The van der Waals surface area contributed by atoms with E-state index in [2.05, 4.69) is 4.99 Å². The van der Waals surface area contributed by atoms with Gasteiger partial charge in [-0.05, 0) is 25.5 Å². The van der Waals surface area contributed by atoms with E-state index in [0.29, 0.717) is 6.42 Å². The first-order valence-corrected chi connectivity index (χ1v) is 7.47. The third-order valence-electron chi connectivity index (χ3n) is 2.79. The van der Waals surface area contributed by atoms with E-state index >= 15 is 0 Å².